The number of carbonyl (C=O) groups excluding carboxylic acids is 1. The molecular formula is C12H15ClN2O. The molecule has 2 rings (SSSR count). The number of halogens is 1. The molecule has 86 valence electrons. The van der Waals surface area contributed by atoms with E-state index in [1.807, 2.05) is 6.92 Å². The SMILES string of the molecule is CC(NC(=O)c1cc(N)cc(Cl)c1)C1CC1. The maximum Gasteiger partial charge on any atom is 0.251 e. The van der Waals surface area contributed by atoms with E-state index < -0.39 is 0 Å². The zero-order valence-electron chi connectivity index (χ0n) is 9.16. The standard InChI is InChI=1S/C12H15ClN2O/c1-7(8-2-3-8)15-12(16)9-4-10(13)6-11(14)5-9/h4-8H,2-3,14H2,1H3,(H,15,16). The summed E-state index contributed by atoms with van der Waals surface area (Å²) in [4.78, 5) is 11.9. The molecule has 1 atom stereocenters. The van der Waals surface area contributed by atoms with Gasteiger partial charge in [-0.2, -0.15) is 0 Å². The van der Waals surface area contributed by atoms with Gasteiger partial charge in [-0.25, -0.2) is 0 Å². The van der Waals surface area contributed by atoms with Crippen molar-refractivity contribution in [3.63, 3.8) is 0 Å². The van der Waals surface area contributed by atoms with Crippen LogP contribution in [0.4, 0.5) is 5.69 Å². The van der Waals surface area contributed by atoms with Crippen molar-refractivity contribution in [1.29, 1.82) is 0 Å². The number of benzene rings is 1. The van der Waals surface area contributed by atoms with Gasteiger partial charge in [0.1, 0.15) is 0 Å². The third-order valence-corrected chi connectivity index (χ3v) is 3.09. The number of nitrogens with one attached hydrogen (secondary N) is 1. The lowest BCUT2D eigenvalue weighted by Crippen LogP contribution is -2.34. The number of hydrogen-bond donors (Lipinski definition) is 2. The molecule has 1 aliphatic rings. The first-order chi connectivity index (χ1) is 7.56. The summed E-state index contributed by atoms with van der Waals surface area (Å²) in [6, 6.07) is 5.13. The van der Waals surface area contributed by atoms with E-state index in [0.717, 1.165) is 0 Å². The van der Waals surface area contributed by atoms with E-state index in [1.165, 1.54) is 12.8 Å². The fourth-order valence-electron chi connectivity index (χ4n) is 1.75. The molecule has 1 fully saturated rings. The van der Waals surface area contributed by atoms with Gasteiger partial charge in [0.2, 0.25) is 0 Å². The van der Waals surface area contributed by atoms with Gasteiger partial charge < -0.3 is 11.1 Å². The van der Waals surface area contributed by atoms with Crippen LogP contribution in [0.1, 0.15) is 30.1 Å². The molecule has 0 spiro atoms. The van der Waals surface area contributed by atoms with Crippen LogP contribution in [0.5, 0.6) is 0 Å². The molecule has 1 aromatic rings. The predicted octanol–water partition coefficient (Wildman–Crippen LogP) is 2.45. The van der Waals surface area contributed by atoms with E-state index in [9.17, 15) is 4.79 Å². The van der Waals surface area contributed by atoms with Crippen LogP contribution in [-0.2, 0) is 0 Å². The third kappa shape index (κ3) is 2.67. The summed E-state index contributed by atoms with van der Waals surface area (Å²) in [6.45, 7) is 2.03. The molecule has 16 heavy (non-hydrogen) atoms. The monoisotopic (exact) mass is 238 g/mol. The molecule has 4 heteroatoms. The highest BCUT2D eigenvalue weighted by molar-refractivity contribution is 6.31. The maximum absolute atomic E-state index is 11.9. The second-order valence-corrected chi connectivity index (χ2v) is 4.81. The summed E-state index contributed by atoms with van der Waals surface area (Å²) in [5.74, 6) is 0.536. The topological polar surface area (TPSA) is 55.1 Å². The summed E-state index contributed by atoms with van der Waals surface area (Å²) in [5, 5.41) is 3.45. The molecule has 0 saturated heterocycles. The molecule has 0 aliphatic heterocycles. The Morgan fingerprint density at radius 2 is 2.19 bits per heavy atom. The van der Waals surface area contributed by atoms with Crippen LogP contribution < -0.4 is 11.1 Å². The van der Waals surface area contributed by atoms with Crippen molar-refractivity contribution < 1.29 is 4.79 Å². The minimum atomic E-state index is -0.103. The number of rotatable bonds is 3. The second-order valence-electron chi connectivity index (χ2n) is 4.37. The molecule has 1 aromatic carbocycles. The molecule has 0 aromatic heterocycles. The van der Waals surface area contributed by atoms with Crippen molar-refractivity contribution in [2.45, 2.75) is 25.8 Å². The Kier molecular flexibility index (Phi) is 3.06. The lowest BCUT2D eigenvalue weighted by atomic mass is 10.1. The van der Waals surface area contributed by atoms with Crippen LogP contribution >= 0.6 is 11.6 Å². The van der Waals surface area contributed by atoms with Gasteiger partial charge in [-0.15, -0.1) is 0 Å². The van der Waals surface area contributed by atoms with Crippen molar-refractivity contribution in [1.82, 2.24) is 5.32 Å². The quantitative estimate of drug-likeness (QED) is 0.795. The van der Waals surface area contributed by atoms with Crippen molar-refractivity contribution >= 4 is 23.2 Å². The minimum absolute atomic E-state index is 0.103. The fraction of sp³-hybridized carbons (Fsp3) is 0.417. The molecule has 0 bridgehead atoms. The zero-order chi connectivity index (χ0) is 11.7. The van der Waals surface area contributed by atoms with Gasteiger partial charge in [0.25, 0.3) is 5.91 Å². The normalized spacial score (nSPS) is 16.9. The smallest absolute Gasteiger partial charge is 0.251 e. The van der Waals surface area contributed by atoms with Crippen LogP contribution in [0.2, 0.25) is 5.02 Å². The Balaban J connectivity index is 2.07. The average molecular weight is 239 g/mol. The molecule has 1 amide bonds. The molecule has 1 saturated carbocycles. The van der Waals surface area contributed by atoms with Gasteiger partial charge in [0, 0.05) is 22.3 Å². The summed E-state index contributed by atoms with van der Waals surface area (Å²) in [7, 11) is 0. The second kappa shape index (κ2) is 4.34. The largest absolute Gasteiger partial charge is 0.399 e. The number of nitrogen functional groups attached to an aromatic ring is 1. The number of hydrogen-bond acceptors (Lipinski definition) is 2. The van der Waals surface area contributed by atoms with E-state index in [-0.39, 0.29) is 11.9 Å². The van der Waals surface area contributed by atoms with Crippen LogP contribution in [0.25, 0.3) is 0 Å². The Bertz CT molecular complexity index is 395. The predicted molar refractivity (Wildman–Crippen MR) is 65.5 cm³/mol. The van der Waals surface area contributed by atoms with Gasteiger partial charge in [0.05, 0.1) is 0 Å². The Morgan fingerprint density at radius 1 is 1.50 bits per heavy atom. The summed E-state index contributed by atoms with van der Waals surface area (Å²) in [6.07, 6.45) is 2.41. The number of nitrogens with two attached hydrogens (primary N) is 1. The summed E-state index contributed by atoms with van der Waals surface area (Å²) >= 11 is 5.85. The minimum Gasteiger partial charge on any atom is -0.399 e. The van der Waals surface area contributed by atoms with E-state index in [1.54, 1.807) is 18.2 Å². The number of anilines is 1. The van der Waals surface area contributed by atoms with Crippen LogP contribution in [0.15, 0.2) is 18.2 Å². The van der Waals surface area contributed by atoms with Crippen LogP contribution in [0, 0.1) is 5.92 Å². The highest BCUT2D eigenvalue weighted by atomic mass is 35.5. The van der Waals surface area contributed by atoms with Crippen LogP contribution in [0.3, 0.4) is 0 Å². The molecule has 1 aliphatic carbocycles. The third-order valence-electron chi connectivity index (χ3n) is 2.87. The van der Waals surface area contributed by atoms with E-state index in [2.05, 4.69) is 5.32 Å². The molecule has 0 heterocycles. The number of carbonyl (C=O) groups is 1. The van der Waals surface area contributed by atoms with Crippen LogP contribution in [-0.4, -0.2) is 11.9 Å². The molecule has 0 radical (unpaired) electrons. The Morgan fingerprint density at radius 3 is 2.75 bits per heavy atom. The average Bonchev–Trinajstić information content (AvgIpc) is 2.98. The number of amides is 1. The fourth-order valence-corrected chi connectivity index (χ4v) is 1.99. The Hall–Kier alpha value is -1.22. The highest BCUT2D eigenvalue weighted by Crippen LogP contribution is 2.32. The lowest BCUT2D eigenvalue weighted by molar-refractivity contribution is 0.0936. The first kappa shape index (κ1) is 11.3. The van der Waals surface area contributed by atoms with Gasteiger partial charge in [-0.05, 0) is 43.9 Å². The molecule has 3 nitrogen and oxygen atoms in total. The van der Waals surface area contributed by atoms with Gasteiger partial charge in [0.15, 0.2) is 0 Å². The van der Waals surface area contributed by atoms with Gasteiger partial charge in [-0.3, -0.25) is 4.79 Å². The molecule has 3 N–H and O–H groups in total. The lowest BCUT2D eigenvalue weighted by Gasteiger charge is -2.13. The molecular weight excluding hydrogens is 224 g/mol. The van der Waals surface area contributed by atoms with E-state index in [4.69, 9.17) is 17.3 Å². The first-order valence-corrected chi connectivity index (χ1v) is 5.81. The zero-order valence-corrected chi connectivity index (χ0v) is 9.92. The molecule has 1 unspecified atom stereocenters. The Labute approximate surface area is 100.0 Å². The van der Waals surface area contributed by atoms with Crippen molar-refractivity contribution in [3.05, 3.63) is 28.8 Å². The first-order valence-electron chi connectivity index (χ1n) is 5.43. The van der Waals surface area contributed by atoms with Gasteiger partial charge >= 0.3 is 0 Å². The van der Waals surface area contributed by atoms with E-state index in [0.29, 0.717) is 22.2 Å². The van der Waals surface area contributed by atoms with Crippen molar-refractivity contribution in [3.8, 4) is 0 Å². The van der Waals surface area contributed by atoms with E-state index >= 15 is 0 Å². The highest BCUT2D eigenvalue weighted by Gasteiger charge is 2.29. The van der Waals surface area contributed by atoms with Crippen molar-refractivity contribution in [2.24, 2.45) is 5.92 Å². The van der Waals surface area contributed by atoms with Crippen molar-refractivity contribution in [2.75, 3.05) is 5.73 Å². The summed E-state index contributed by atoms with van der Waals surface area (Å²) < 4.78 is 0. The van der Waals surface area contributed by atoms with Gasteiger partial charge in [-0.1, -0.05) is 11.6 Å². The summed E-state index contributed by atoms with van der Waals surface area (Å²) in [5.41, 5.74) is 6.67. The maximum atomic E-state index is 11.9.